The molecule has 11 heteroatoms. The molecular weight excluding hydrogens is 376 g/mol. The van der Waals surface area contributed by atoms with Crippen LogP contribution in [0, 0.1) is 5.82 Å². The number of nitrogens with zero attached hydrogens (tertiary/aromatic N) is 3. The molecule has 6 nitrogen and oxygen atoms in total. The van der Waals surface area contributed by atoms with Crippen LogP contribution in [0.3, 0.4) is 0 Å². The van der Waals surface area contributed by atoms with Gasteiger partial charge in [-0.15, -0.1) is 10.2 Å². The number of hydrogen-bond donors (Lipinski definition) is 1. The number of hydrogen-bond acceptors (Lipinski definition) is 5. The molecule has 0 amide bonds. The molecule has 0 bridgehead atoms. The van der Waals surface area contributed by atoms with Crippen LogP contribution < -0.4 is 5.32 Å². The van der Waals surface area contributed by atoms with Crippen LogP contribution in [0.4, 0.5) is 23.2 Å². The lowest BCUT2D eigenvalue weighted by atomic mass is 10.1. The predicted octanol–water partition coefficient (Wildman–Crippen LogP) is 3.22. The van der Waals surface area contributed by atoms with Gasteiger partial charge in [0.15, 0.2) is 5.82 Å². The molecule has 1 aliphatic heterocycles. The van der Waals surface area contributed by atoms with E-state index in [2.05, 4.69) is 15.5 Å². The lowest BCUT2D eigenvalue weighted by molar-refractivity contribution is -0.0435. The summed E-state index contributed by atoms with van der Waals surface area (Å²) in [6.45, 7) is 2.31. The van der Waals surface area contributed by atoms with Gasteiger partial charge in [0.25, 0.3) is 9.84 Å². The Balaban J connectivity index is 1.97. The molecule has 3 rings (SSSR count). The third-order valence-corrected chi connectivity index (χ3v) is 5.71. The van der Waals surface area contributed by atoms with Crippen LogP contribution >= 0.6 is 0 Å². The number of alkyl halides is 3. The number of sulfone groups is 1. The number of halogens is 4. The van der Waals surface area contributed by atoms with Crippen LogP contribution in [0.25, 0.3) is 0 Å². The Bertz CT molecular complexity index is 924. The zero-order valence-corrected chi connectivity index (χ0v) is 14.5. The SMILES string of the molecule is CC(Nc1ccc(F)cc1S(=O)(=O)C(F)(F)F)c1nnc2n1CCCC2. The summed E-state index contributed by atoms with van der Waals surface area (Å²) < 4.78 is 77.5. The van der Waals surface area contributed by atoms with E-state index in [9.17, 15) is 26.0 Å². The highest BCUT2D eigenvalue weighted by atomic mass is 32.2. The summed E-state index contributed by atoms with van der Waals surface area (Å²) in [5, 5.41) is 10.8. The van der Waals surface area contributed by atoms with E-state index in [4.69, 9.17) is 0 Å². The molecule has 2 aromatic rings. The predicted molar refractivity (Wildman–Crippen MR) is 84.6 cm³/mol. The molecule has 1 aromatic heterocycles. The molecule has 2 heterocycles. The second kappa shape index (κ2) is 6.53. The second-order valence-corrected chi connectivity index (χ2v) is 7.95. The Morgan fingerprint density at radius 2 is 1.96 bits per heavy atom. The van der Waals surface area contributed by atoms with Gasteiger partial charge >= 0.3 is 5.51 Å². The fourth-order valence-corrected chi connectivity index (χ4v) is 3.84. The molecule has 0 saturated heterocycles. The highest BCUT2D eigenvalue weighted by Gasteiger charge is 2.48. The molecule has 0 radical (unpaired) electrons. The molecule has 26 heavy (non-hydrogen) atoms. The highest BCUT2D eigenvalue weighted by molar-refractivity contribution is 7.92. The van der Waals surface area contributed by atoms with Gasteiger partial charge in [-0.1, -0.05) is 0 Å². The normalized spacial score (nSPS) is 16.2. The highest BCUT2D eigenvalue weighted by Crippen LogP contribution is 2.36. The van der Waals surface area contributed by atoms with Crippen LogP contribution in [-0.4, -0.2) is 28.7 Å². The van der Waals surface area contributed by atoms with Gasteiger partial charge in [0.2, 0.25) is 0 Å². The topological polar surface area (TPSA) is 76.9 Å². The fraction of sp³-hybridized carbons (Fsp3) is 0.467. The van der Waals surface area contributed by atoms with Crippen LogP contribution in [0.1, 0.15) is 37.5 Å². The van der Waals surface area contributed by atoms with Gasteiger partial charge < -0.3 is 9.88 Å². The Kier molecular flexibility index (Phi) is 4.67. The monoisotopic (exact) mass is 392 g/mol. The summed E-state index contributed by atoms with van der Waals surface area (Å²) in [5.41, 5.74) is -5.88. The minimum atomic E-state index is -5.71. The first-order valence-corrected chi connectivity index (χ1v) is 9.39. The molecule has 1 N–H and O–H groups in total. The number of fused-ring (bicyclic) bond motifs is 1. The summed E-state index contributed by atoms with van der Waals surface area (Å²) >= 11 is 0. The number of nitrogens with one attached hydrogen (secondary N) is 1. The fourth-order valence-electron chi connectivity index (χ4n) is 2.91. The molecule has 0 fully saturated rings. The smallest absolute Gasteiger partial charge is 0.374 e. The summed E-state index contributed by atoms with van der Waals surface area (Å²) in [6, 6.07) is 1.60. The van der Waals surface area contributed by atoms with Gasteiger partial charge in [-0.3, -0.25) is 0 Å². The first kappa shape index (κ1) is 18.6. The maximum Gasteiger partial charge on any atom is 0.501 e. The van der Waals surface area contributed by atoms with E-state index < -0.39 is 32.1 Å². The van der Waals surface area contributed by atoms with Gasteiger partial charge in [0.1, 0.15) is 16.5 Å². The van der Waals surface area contributed by atoms with Crippen molar-refractivity contribution < 1.29 is 26.0 Å². The van der Waals surface area contributed by atoms with E-state index in [0.29, 0.717) is 18.4 Å². The van der Waals surface area contributed by atoms with Crippen molar-refractivity contribution in [2.24, 2.45) is 0 Å². The molecule has 142 valence electrons. The van der Waals surface area contributed by atoms with Crippen LogP contribution in [0.5, 0.6) is 0 Å². The van der Waals surface area contributed by atoms with Crippen molar-refractivity contribution in [1.82, 2.24) is 14.8 Å². The minimum absolute atomic E-state index is 0.343. The Hall–Kier alpha value is -2.17. The van der Waals surface area contributed by atoms with Crippen LogP contribution in [0.15, 0.2) is 23.1 Å². The average Bonchev–Trinajstić information content (AvgIpc) is 2.99. The van der Waals surface area contributed by atoms with E-state index in [1.54, 1.807) is 6.92 Å². The molecule has 0 aliphatic carbocycles. The Morgan fingerprint density at radius 3 is 2.65 bits per heavy atom. The summed E-state index contributed by atoms with van der Waals surface area (Å²) in [7, 11) is -5.71. The molecule has 0 spiro atoms. The quantitative estimate of drug-likeness (QED) is 0.809. The maximum absolute atomic E-state index is 13.4. The largest absolute Gasteiger partial charge is 0.501 e. The average molecular weight is 392 g/mol. The first-order chi connectivity index (χ1) is 12.1. The molecule has 1 atom stereocenters. The Labute approximate surface area is 147 Å². The van der Waals surface area contributed by atoms with Crippen molar-refractivity contribution in [2.75, 3.05) is 5.32 Å². The standard InChI is InChI=1S/C15H16F4N4O2S/c1-9(14-22-21-13-4-2-3-7-23(13)14)20-11-6-5-10(16)8-12(11)26(24,25)15(17,18)19/h5-6,8-9,20H,2-4,7H2,1H3. The minimum Gasteiger partial charge on any atom is -0.374 e. The lowest BCUT2D eigenvalue weighted by Crippen LogP contribution is -2.25. The van der Waals surface area contributed by atoms with Crippen molar-refractivity contribution in [1.29, 1.82) is 0 Å². The van der Waals surface area contributed by atoms with Crippen LogP contribution in [-0.2, 0) is 22.8 Å². The number of aromatic nitrogens is 3. The molecule has 1 aromatic carbocycles. The van der Waals surface area contributed by atoms with Gasteiger partial charge in [0.05, 0.1) is 11.7 Å². The van der Waals surface area contributed by atoms with Crippen molar-refractivity contribution in [3.05, 3.63) is 35.7 Å². The number of anilines is 1. The van der Waals surface area contributed by atoms with Crippen molar-refractivity contribution >= 4 is 15.5 Å². The molecular formula is C15H16F4N4O2S. The zero-order chi connectivity index (χ0) is 19.1. The van der Waals surface area contributed by atoms with Gasteiger partial charge in [-0.05, 0) is 38.0 Å². The Morgan fingerprint density at radius 1 is 1.23 bits per heavy atom. The van der Waals surface area contributed by atoms with Gasteiger partial charge in [0, 0.05) is 13.0 Å². The summed E-state index contributed by atoms with van der Waals surface area (Å²) in [4.78, 5) is -1.16. The molecule has 1 aliphatic rings. The summed E-state index contributed by atoms with van der Waals surface area (Å²) in [5.74, 6) is 0.187. The number of benzene rings is 1. The third kappa shape index (κ3) is 3.27. The number of aryl methyl sites for hydroxylation is 1. The van der Waals surface area contributed by atoms with Gasteiger partial charge in [-0.25, -0.2) is 12.8 Å². The van der Waals surface area contributed by atoms with E-state index in [0.717, 1.165) is 37.2 Å². The van der Waals surface area contributed by atoms with Crippen molar-refractivity contribution in [3.8, 4) is 0 Å². The second-order valence-electron chi connectivity index (χ2n) is 6.04. The molecule has 0 saturated carbocycles. The lowest BCUT2D eigenvalue weighted by Gasteiger charge is -2.21. The third-order valence-electron chi connectivity index (χ3n) is 4.19. The van der Waals surface area contributed by atoms with Crippen LogP contribution in [0.2, 0.25) is 0 Å². The van der Waals surface area contributed by atoms with E-state index >= 15 is 0 Å². The summed E-state index contributed by atoms with van der Waals surface area (Å²) in [6.07, 6.45) is 2.66. The van der Waals surface area contributed by atoms with Crippen molar-refractivity contribution in [3.63, 3.8) is 0 Å². The molecule has 1 unspecified atom stereocenters. The van der Waals surface area contributed by atoms with Gasteiger partial charge in [-0.2, -0.15) is 13.2 Å². The zero-order valence-electron chi connectivity index (χ0n) is 13.7. The van der Waals surface area contributed by atoms with E-state index in [-0.39, 0.29) is 5.69 Å². The van der Waals surface area contributed by atoms with Crippen molar-refractivity contribution in [2.45, 2.75) is 49.2 Å². The van der Waals surface area contributed by atoms with E-state index in [1.807, 2.05) is 4.57 Å². The maximum atomic E-state index is 13.4. The number of rotatable bonds is 4. The van der Waals surface area contributed by atoms with E-state index in [1.165, 1.54) is 0 Å². The first-order valence-electron chi connectivity index (χ1n) is 7.90.